The van der Waals surface area contributed by atoms with E-state index in [1.807, 2.05) is 30.3 Å². The third-order valence-electron chi connectivity index (χ3n) is 4.66. The Hall–Kier alpha value is -3.94. The lowest BCUT2D eigenvalue weighted by atomic mass is 10.1. The quantitative estimate of drug-likeness (QED) is 0.499. The molecule has 0 bridgehead atoms. The Labute approximate surface area is 176 Å². The maximum atomic E-state index is 12.9. The molecule has 0 unspecified atom stereocenters. The number of hydrogen-bond donors (Lipinski definition) is 1. The predicted molar refractivity (Wildman–Crippen MR) is 109 cm³/mol. The van der Waals surface area contributed by atoms with Crippen LogP contribution in [0, 0.1) is 0 Å². The smallest absolute Gasteiger partial charge is 0.348 e. The summed E-state index contributed by atoms with van der Waals surface area (Å²) in [6.07, 6.45) is 0.558. The van der Waals surface area contributed by atoms with E-state index in [0.717, 1.165) is 28.9 Å². The van der Waals surface area contributed by atoms with Gasteiger partial charge in [-0.2, -0.15) is 18.3 Å². The summed E-state index contributed by atoms with van der Waals surface area (Å²) in [5.74, 6) is -0.598. The number of aromatic nitrogens is 3. The molecule has 0 saturated carbocycles. The van der Waals surface area contributed by atoms with Gasteiger partial charge in [-0.1, -0.05) is 24.3 Å². The molecule has 0 spiro atoms. The first kappa shape index (κ1) is 20.3. The summed E-state index contributed by atoms with van der Waals surface area (Å²) in [5, 5.41) is 7.33. The van der Waals surface area contributed by atoms with E-state index in [4.69, 9.17) is 0 Å². The Morgan fingerprint density at radius 3 is 2.42 bits per heavy atom. The van der Waals surface area contributed by atoms with Crippen molar-refractivity contribution in [1.29, 1.82) is 0 Å². The summed E-state index contributed by atoms with van der Waals surface area (Å²) in [7, 11) is 0. The van der Waals surface area contributed by atoms with Crippen LogP contribution in [0.3, 0.4) is 0 Å². The molecule has 4 rings (SSSR count). The number of nitrogens with one attached hydrogen (secondary N) is 1. The zero-order valence-corrected chi connectivity index (χ0v) is 16.2. The second kappa shape index (κ2) is 8.43. The molecule has 0 radical (unpaired) electrons. The minimum absolute atomic E-state index is 0.0595. The number of amides is 1. The van der Waals surface area contributed by atoms with Gasteiger partial charge in [0.2, 0.25) is 0 Å². The second-order valence-electron chi connectivity index (χ2n) is 6.78. The molecular formula is C23H17F3N4O. The highest BCUT2D eigenvalue weighted by Crippen LogP contribution is 2.29. The fraction of sp³-hybridized carbons (Fsp3) is 0.0870. The highest BCUT2D eigenvalue weighted by Gasteiger charge is 2.30. The normalized spacial score (nSPS) is 11.3. The van der Waals surface area contributed by atoms with E-state index in [2.05, 4.69) is 15.4 Å². The van der Waals surface area contributed by atoms with Crippen molar-refractivity contribution in [2.45, 2.75) is 12.7 Å². The monoisotopic (exact) mass is 422 g/mol. The molecule has 1 amide bonds. The Balaban J connectivity index is 1.61. The van der Waals surface area contributed by atoms with Crippen LogP contribution in [-0.2, 0) is 12.7 Å². The fourth-order valence-corrected chi connectivity index (χ4v) is 3.12. The first-order valence-corrected chi connectivity index (χ1v) is 9.41. The van der Waals surface area contributed by atoms with Gasteiger partial charge in [0.05, 0.1) is 16.9 Å². The minimum Gasteiger partial charge on any atom is -0.348 e. The van der Waals surface area contributed by atoms with Gasteiger partial charge in [-0.25, -0.2) is 4.68 Å². The van der Waals surface area contributed by atoms with Gasteiger partial charge in [0.25, 0.3) is 5.91 Å². The summed E-state index contributed by atoms with van der Waals surface area (Å²) < 4.78 is 40.5. The molecule has 5 nitrogen and oxygen atoms in total. The number of pyridine rings is 1. The Bertz CT molecular complexity index is 1190. The average Bonchev–Trinajstić information content (AvgIpc) is 3.22. The van der Waals surface area contributed by atoms with E-state index < -0.39 is 17.6 Å². The van der Waals surface area contributed by atoms with Crippen LogP contribution in [-0.4, -0.2) is 20.7 Å². The van der Waals surface area contributed by atoms with Gasteiger partial charge in [0.1, 0.15) is 0 Å². The summed E-state index contributed by atoms with van der Waals surface area (Å²) in [4.78, 5) is 16.5. The number of rotatable bonds is 5. The second-order valence-corrected chi connectivity index (χ2v) is 6.78. The summed E-state index contributed by atoms with van der Waals surface area (Å²) in [6.45, 7) is 0.0968. The number of para-hydroxylation sites is 1. The van der Waals surface area contributed by atoms with Crippen molar-refractivity contribution in [3.05, 3.63) is 102 Å². The number of nitrogens with zero attached hydrogens (tertiary/aromatic N) is 3. The van der Waals surface area contributed by atoms with E-state index in [1.165, 1.54) is 12.1 Å². The van der Waals surface area contributed by atoms with Gasteiger partial charge in [-0.05, 0) is 42.5 Å². The lowest BCUT2D eigenvalue weighted by Gasteiger charge is -2.09. The number of hydrogen-bond acceptors (Lipinski definition) is 3. The fourth-order valence-electron chi connectivity index (χ4n) is 3.12. The number of halogens is 3. The molecule has 0 aliphatic rings. The van der Waals surface area contributed by atoms with Crippen LogP contribution in [0.2, 0.25) is 0 Å². The summed E-state index contributed by atoms with van der Waals surface area (Å²) in [6, 6.07) is 17.4. The summed E-state index contributed by atoms with van der Waals surface area (Å²) in [5.41, 5.74) is 2.09. The molecule has 31 heavy (non-hydrogen) atoms. The number of alkyl halides is 3. The van der Waals surface area contributed by atoms with Gasteiger partial charge in [0.15, 0.2) is 0 Å². The Kier molecular flexibility index (Phi) is 5.53. The number of carbonyl (C=O) groups excluding carboxylic acids is 1. The molecule has 4 aromatic rings. The molecule has 2 heterocycles. The van der Waals surface area contributed by atoms with E-state index in [-0.39, 0.29) is 12.1 Å². The Morgan fingerprint density at radius 1 is 0.968 bits per heavy atom. The van der Waals surface area contributed by atoms with Crippen molar-refractivity contribution in [3.8, 4) is 16.9 Å². The van der Waals surface area contributed by atoms with Crippen molar-refractivity contribution >= 4 is 5.91 Å². The standard InChI is InChI=1S/C23H17F3N4O/c24-23(25,26)19-6-4-5-17(13-19)22(31)28-14-18-15-30(20-7-2-1-3-8-20)29-21(18)16-9-11-27-12-10-16/h1-13,15H,14H2,(H,28,31). The highest BCUT2D eigenvalue weighted by atomic mass is 19.4. The molecule has 8 heteroatoms. The predicted octanol–water partition coefficient (Wildman–Crippen LogP) is 4.88. The first-order valence-electron chi connectivity index (χ1n) is 9.41. The summed E-state index contributed by atoms with van der Waals surface area (Å²) >= 11 is 0. The average molecular weight is 422 g/mol. The van der Waals surface area contributed by atoms with Gasteiger partial charge in [0, 0.05) is 41.8 Å². The molecule has 1 N–H and O–H groups in total. The van der Waals surface area contributed by atoms with E-state index in [9.17, 15) is 18.0 Å². The molecule has 0 fully saturated rings. The maximum Gasteiger partial charge on any atom is 0.416 e. The van der Waals surface area contributed by atoms with Crippen molar-refractivity contribution in [2.24, 2.45) is 0 Å². The molecule has 0 atom stereocenters. The van der Waals surface area contributed by atoms with Crippen LogP contribution >= 0.6 is 0 Å². The lowest BCUT2D eigenvalue weighted by molar-refractivity contribution is -0.137. The van der Waals surface area contributed by atoms with Gasteiger partial charge in [-0.15, -0.1) is 0 Å². The van der Waals surface area contributed by atoms with E-state index in [0.29, 0.717) is 5.69 Å². The van der Waals surface area contributed by atoms with Gasteiger partial charge in [-0.3, -0.25) is 9.78 Å². The number of carbonyl (C=O) groups is 1. The topological polar surface area (TPSA) is 59.8 Å². The van der Waals surface area contributed by atoms with Crippen LogP contribution < -0.4 is 5.32 Å². The van der Waals surface area contributed by atoms with Crippen LogP contribution in [0.5, 0.6) is 0 Å². The van der Waals surface area contributed by atoms with Crippen LogP contribution in [0.15, 0.2) is 85.3 Å². The van der Waals surface area contributed by atoms with E-state index >= 15 is 0 Å². The zero-order valence-electron chi connectivity index (χ0n) is 16.2. The third-order valence-corrected chi connectivity index (χ3v) is 4.66. The van der Waals surface area contributed by atoms with Crippen LogP contribution in [0.4, 0.5) is 13.2 Å². The van der Waals surface area contributed by atoms with Crippen molar-refractivity contribution in [3.63, 3.8) is 0 Å². The van der Waals surface area contributed by atoms with Crippen molar-refractivity contribution in [2.75, 3.05) is 0 Å². The van der Waals surface area contributed by atoms with E-state index in [1.54, 1.807) is 35.4 Å². The third kappa shape index (κ3) is 4.63. The zero-order chi connectivity index (χ0) is 21.8. The molecule has 156 valence electrons. The lowest BCUT2D eigenvalue weighted by Crippen LogP contribution is -2.23. The molecular weight excluding hydrogens is 405 g/mol. The molecule has 0 aliphatic carbocycles. The largest absolute Gasteiger partial charge is 0.416 e. The van der Waals surface area contributed by atoms with Crippen molar-refractivity contribution in [1.82, 2.24) is 20.1 Å². The molecule has 2 aromatic heterocycles. The first-order chi connectivity index (χ1) is 14.9. The highest BCUT2D eigenvalue weighted by molar-refractivity contribution is 5.94. The molecule has 0 saturated heterocycles. The Morgan fingerprint density at radius 2 is 1.71 bits per heavy atom. The minimum atomic E-state index is -4.51. The van der Waals surface area contributed by atoms with Crippen LogP contribution in [0.25, 0.3) is 16.9 Å². The van der Waals surface area contributed by atoms with Crippen molar-refractivity contribution < 1.29 is 18.0 Å². The SMILES string of the molecule is O=C(NCc1cn(-c2ccccc2)nc1-c1ccncc1)c1cccc(C(F)(F)F)c1. The van der Waals surface area contributed by atoms with Gasteiger partial charge < -0.3 is 5.32 Å². The number of benzene rings is 2. The molecule has 0 aliphatic heterocycles. The van der Waals surface area contributed by atoms with Gasteiger partial charge >= 0.3 is 6.18 Å². The maximum absolute atomic E-state index is 12.9. The van der Waals surface area contributed by atoms with Crippen LogP contribution in [0.1, 0.15) is 21.5 Å². The molecule has 2 aromatic carbocycles.